The molecule has 2 rings (SSSR count). The van der Waals surface area contributed by atoms with Crippen LogP contribution in [0.25, 0.3) is 0 Å². The standard InChI is InChI=1S/C7H9BN2O2/c11-8(12)6-3-9-4-10-7(6)5-1-2-5/h3-5,11-12H,1-2H2. The molecule has 0 radical (unpaired) electrons. The largest absolute Gasteiger partial charge is 0.491 e. The Kier molecular flexibility index (Phi) is 1.82. The molecule has 1 aliphatic rings. The molecule has 0 atom stereocenters. The van der Waals surface area contributed by atoms with E-state index in [2.05, 4.69) is 9.97 Å². The van der Waals surface area contributed by atoms with E-state index >= 15 is 0 Å². The number of hydrogen-bond acceptors (Lipinski definition) is 4. The molecule has 0 amide bonds. The van der Waals surface area contributed by atoms with E-state index in [1.54, 1.807) is 0 Å². The summed E-state index contributed by atoms with van der Waals surface area (Å²) in [4.78, 5) is 7.78. The topological polar surface area (TPSA) is 66.2 Å². The van der Waals surface area contributed by atoms with Crippen molar-refractivity contribution in [3.8, 4) is 0 Å². The van der Waals surface area contributed by atoms with Gasteiger partial charge in [0, 0.05) is 23.3 Å². The predicted octanol–water partition coefficient (Wildman–Crippen LogP) is -0.966. The second-order valence-corrected chi connectivity index (χ2v) is 3.01. The number of aromatic nitrogens is 2. The first-order valence-electron chi connectivity index (χ1n) is 3.95. The van der Waals surface area contributed by atoms with Crippen molar-refractivity contribution in [1.82, 2.24) is 9.97 Å². The summed E-state index contributed by atoms with van der Waals surface area (Å²) >= 11 is 0. The van der Waals surface area contributed by atoms with Crippen LogP contribution in [0, 0.1) is 0 Å². The number of hydrogen-bond donors (Lipinski definition) is 2. The van der Waals surface area contributed by atoms with Crippen LogP contribution in [-0.4, -0.2) is 27.1 Å². The van der Waals surface area contributed by atoms with Gasteiger partial charge in [0.1, 0.15) is 6.33 Å². The van der Waals surface area contributed by atoms with E-state index in [1.165, 1.54) is 12.5 Å². The van der Waals surface area contributed by atoms with Gasteiger partial charge in [0.2, 0.25) is 0 Å². The fraction of sp³-hybridized carbons (Fsp3) is 0.429. The van der Waals surface area contributed by atoms with Crippen molar-refractivity contribution in [3.63, 3.8) is 0 Å². The molecule has 1 aromatic rings. The third-order valence-corrected chi connectivity index (χ3v) is 2.02. The highest BCUT2D eigenvalue weighted by Gasteiger charge is 2.30. The first-order chi connectivity index (χ1) is 5.79. The van der Waals surface area contributed by atoms with Gasteiger partial charge in [0.15, 0.2) is 0 Å². The van der Waals surface area contributed by atoms with Crippen molar-refractivity contribution in [2.45, 2.75) is 18.8 Å². The minimum absolute atomic E-state index is 0.421. The lowest BCUT2D eigenvalue weighted by Gasteiger charge is -2.03. The second kappa shape index (κ2) is 2.84. The maximum absolute atomic E-state index is 8.96. The molecule has 1 saturated carbocycles. The third kappa shape index (κ3) is 1.33. The maximum atomic E-state index is 8.96. The molecule has 1 fully saturated rings. The van der Waals surface area contributed by atoms with E-state index < -0.39 is 7.12 Å². The Bertz CT molecular complexity index is 267. The normalized spacial score (nSPS) is 16.2. The fourth-order valence-electron chi connectivity index (χ4n) is 1.25. The minimum Gasteiger partial charge on any atom is -0.423 e. The number of nitrogens with zero attached hydrogens (tertiary/aromatic N) is 2. The molecule has 0 aromatic carbocycles. The molecule has 0 spiro atoms. The zero-order chi connectivity index (χ0) is 8.55. The molecule has 0 unspecified atom stereocenters. The molecular formula is C7H9BN2O2. The summed E-state index contributed by atoms with van der Waals surface area (Å²) < 4.78 is 0. The zero-order valence-electron chi connectivity index (χ0n) is 6.51. The quantitative estimate of drug-likeness (QED) is 0.552. The molecule has 12 heavy (non-hydrogen) atoms. The molecule has 62 valence electrons. The zero-order valence-corrected chi connectivity index (χ0v) is 6.51. The summed E-state index contributed by atoms with van der Waals surface area (Å²) in [5.74, 6) is 0.421. The van der Waals surface area contributed by atoms with Gasteiger partial charge >= 0.3 is 7.12 Å². The van der Waals surface area contributed by atoms with Gasteiger partial charge in [-0.2, -0.15) is 0 Å². The highest BCUT2D eigenvalue weighted by atomic mass is 16.4. The van der Waals surface area contributed by atoms with E-state index in [4.69, 9.17) is 10.0 Å². The lowest BCUT2D eigenvalue weighted by molar-refractivity contribution is 0.425. The van der Waals surface area contributed by atoms with Crippen molar-refractivity contribution in [3.05, 3.63) is 18.2 Å². The molecule has 1 heterocycles. The van der Waals surface area contributed by atoms with Gasteiger partial charge in [-0.05, 0) is 12.8 Å². The Morgan fingerprint density at radius 2 is 2.17 bits per heavy atom. The Labute approximate surface area is 70.4 Å². The number of rotatable bonds is 2. The summed E-state index contributed by atoms with van der Waals surface area (Å²) in [6.07, 6.45) is 5.10. The van der Waals surface area contributed by atoms with Crippen LogP contribution < -0.4 is 5.46 Å². The highest BCUT2D eigenvalue weighted by molar-refractivity contribution is 6.59. The van der Waals surface area contributed by atoms with Gasteiger partial charge in [-0.3, -0.25) is 0 Å². The third-order valence-electron chi connectivity index (χ3n) is 2.02. The van der Waals surface area contributed by atoms with Gasteiger partial charge in [0.25, 0.3) is 0 Å². The molecule has 0 saturated heterocycles. The van der Waals surface area contributed by atoms with Crippen molar-refractivity contribution in [1.29, 1.82) is 0 Å². The lowest BCUT2D eigenvalue weighted by atomic mass is 9.79. The van der Waals surface area contributed by atoms with Crippen molar-refractivity contribution < 1.29 is 10.0 Å². The fourth-order valence-corrected chi connectivity index (χ4v) is 1.25. The van der Waals surface area contributed by atoms with E-state index in [1.807, 2.05) is 0 Å². The Morgan fingerprint density at radius 3 is 2.75 bits per heavy atom. The van der Waals surface area contributed by atoms with Crippen molar-refractivity contribution in [2.75, 3.05) is 0 Å². The van der Waals surface area contributed by atoms with Crippen LogP contribution in [0.15, 0.2) is 12.5 Å². The van der Waals surface area contributed by atoms with E-state index in [0.717, 1.165) is 18.5 Å². The average Bonchev–Trinajstić information content (AvgIpc) is 2.87. The summed E-state index contributed by atoms with van der Waals surface area (Å²) in [5.41, 5.74) is 1.24. The van der Waals surface area contributed by atoms with Crippen LogP contribution in [0.4, 0.5) is 0 Å². The SMILES string of the molecule is OB(O)c1cncnc1C1CC1. The molecular weight excluding hydrogens is 155 g/mol. The van der Waals surface area contributed by atoms with Crippen LogP contribution in [0.3, 0.4) is 0 Å². The summed E-state index contributed by atoms with van der Waals surface area (Å²) in [7, 11) is -1.44. The van der Waals surface area contributed by atoms with E-state index in [-0.39, 0.29) is 0 Å². The second-order valence-electron chi connectivity index (χ2n) is 3.01. The first kappa shape index (κ1) is 7.70. The molecule has 2 N–H and O–H groups in total. The van der Waals surface area contributed by atoms with Gasteiger partial charge < -0.3 is 10.0 Å². The first-order valence-corrected chi connectivity index (χ1v) is 3.95. The maximum Gasteiger partial charge on any atom is 0.491 e. The van der Waals surface area contributed by atoms with Gasteiger partial charge in [-0.1, -0.05) is 0 Å². The molecule has 0 bridgehead atoms. The van der Waals surface area contributed by atoms with Gasteiger partial charge in [-0.15, -0.1) is 0 Å². The summed E-state index contributed by atoms with van der Waals surface area (Å²) in [5, 5.41) is 17.9. The molecule has 4 nitrogen and oxygen atoms in total. The average molecular weight is 164 g/mol. The Balaban J connectivity index is 2.36. The Morgan fingerprint density at radius 1 is 1.42 bits per heavy atom. The summed E-state index contributed by atoms with van der Waals surface area (Å²) in [6, 6.07) is 0. The molecule has 0 aliphatic heterocycles. The van der Waals surface area contributed by atoms with Crippen LogP contribution in [0.2, 0.25) is 0 Å². The van der Waals surface area contributed by atoms with Crippen molar-refractivity contribution in [2.24, 2.45) is 0 Å². The van der Waals surface area contributed by atoms with Crippen LogP contribution in [0.5, 0.6) is 0 Å². The van der Waals surface area contributed by atoms with Crippen LogP contribution >= 0.6 is 0 Å². The van der Waals surface area contributed by atoms with Crippen LogP contribution in [0.1, 0.15) is 24.5 Å². The highest BCUT2D eigenvalue weighted by Crippen LogP contribution is 2.37. The molecule has 1 aliphatic carbocycles. The molecule has 5 heteroatoms. The molecule has 1 aromatic heterocycles. The van der Waals surface area contributed by atoms with Crippen LogP contribution in [-0.2, 0) is 0 Å². The van der Waals surface area contributed by atoms with Gasteiger partial charge in [-0.25, -0.2) is 9.97 Å². The predicted molar refractivity (Wildman–Crippen MR) is 43.8 cm³/mol. The minimum atomic E-state index is -1.44. The lowest BCUT2D eigenvalue weighted by Crippen LogP contribution is -2.34. The smallest absolute Gasteiger partial charge is 0.423 e. The Hall–Kier alpha value is -0.935. The van der Waals surface area contributed by atoms with Gasteiger partial charge in [0.05, 0.1) is 0 Å². The van der Waals surface area contributed by atoms with Crippen molar-refractivity contribution >= 4 is 12.6 Å². The monoisotopic (exact) mass is 164 g/mol. The van der Waals surface area contributed by atoms with E-state index in [0.29, 0.717) is 11.4 Å². The van der Waals surface area contributed by atoms with E-state index in [9.17, 15) is 0 Å². The summed E-state index contributed by atoms with van der Waals surface area (Å²) in [6.45, 7) is 0.